The van der Waals surface area contributed by atoms with Crippen LogP contribution in [0, 0.1) is 0 Å². The van der Waals surface area contributed by atoms with Gasteiger partial charge >= 0.3 is 0 Å². The summed E-state index contributed by atoms with van der Waals surface area (Å²) in [5, 5.41) is 3.51. The van der Waals surface area contributed by atoms with Gasteiger partial charge in [-0.3, -0.25) is 0 Å². The number of hydrogen-bond acceptors (Lipinski definition) is 3. The lowest BCUT2D eigenvalue weighted by atomic mass is 9.99. The van der Waals surface area contributed by atoms with E-state index in [2.05, 4.69) is 23.5 Å². The molecule has 1 heterocycles. The zero-order valence-electron chi connectivity index (χ0n) is 14.0. The van der Waals surface area contributed by atoms with Crippen molar-refractivity contribution in [2.45, 2.75) is 6.10 Å². The number of anilines is 1. The highest BCUT2D eigenvalue weighted by atomic mass is 16.5. The summed E-state index contributed by atoms with van der Waals surface area (Å²) in [6, 6.07) is 26.2. The van der Waals surface area contributed by atoms with Gasteiger partial charge in [-0.15, -0.1) is 0 Å². The Bertz CT molecular complexity index is 885. The third kappa shape index (κ3) is 3.22. The molecule has 3 aromatic rings. The van der Waals surface area contributed by atoms with Crippen molar-refractivity contribution in [1.82, 2.24) is 0 Å². The molecule has 0 spiro atoms. The van der Waals surface area contributed by atoms with E-state index in [0.29, 0.717) is 0 Å². The van der Waals surface area contributed by atoms with Crippen LogP contribution >= 0.6 is 0 Å². The molecule has 0 aliphatic carbocycles. The molecule has 0 fully saturated rings. The number of ether oxygens (including phenoxy) is 2. The van der Waals surface area contributed by atoms with E-state index in [9.17, 15) is 0 Å². The summed E-state index contributed by atoms with van der Waals surface area (Å²) < 4.78 is 11.5. The minimum Gasteiger partial charge on any atom is -0.497 e. The number of fused-ring (bicyclic) bond motifs is 1. The van der Waals surface area contributed by atoms with E-state index in [-0.39, 0.29) is 6.10 Å². The summed E-state index contributed by atoms with van der Waals surface area (Å²) in [4.78, 5) is 0. The number of rotatable bonds is 4. The van der Waals surface area contributed by atoms with Crippen molar-refractivity contribution in [2.75, 3.05) is 12.4 Å². The maximum absolute atomic E-state index is 6.24. The smallest absolute Gasteiger partial charge is 0.146 e. The van der Waals surface area contributed by atoms with Crippen LogP contribution in [0.15, 0.2) is 84.9 Å². The summed E-state index contributed by atoms with van der Waals surface area (Å²) in [6.45, 7) is 0. The molecule has 3 nitrogen and oxygen atoms in total. The summed E-state index contributed by atoms with van der Waals surface area (Å²) >= 11 is 0. The molecule has 1 atom stereocenters. The van der Waals surface area contributed by atoms with E-state index < -0.39 is 0 Å². The summed E-state index contributed by atoms with van der Waals surface area (Å²) in [6.07, 6.45) is 1.98. The lowest BCUT2D eigenvalue weighted by molar-refractivity contribution is 0.255. The molecule has 0 saturated heterocycles. The van der Waals surface area contributed by atoms with E-state index in [1.807, 2.05) is 66.7 Å². The van der Waals surface area contributed by atoms with Gasteiger partial charge in [0.05, 0.1) is 7.11 Å². The lowest BCUT2D eigenvalue weighted by Crippen LogP contribution is -2.15. The second-order valence-electron chi connectivity index (χ2n) is 5.87. The Balaban J connectivity index is 1.70. The van der Waals surface area contributed by atoms with Gasteiger partial charge in [0, 0.05) is 16.9 Å². The zero-order valence-corrected chi connectivity index (χ0v) is 14.0. The molecule has 3 heteroatoms. The highest BCUT2D eigenvalue weighted by Gasteiger charge is 2.22. The summed E-state index contributed by atoms with van der Waals surface area (Å²) in [7, 11) is 1.67. The molecule has 4 rings (SSSR count). The van der Waals surface area contributed by atoms with Crippen molar-refractivity contribution in [3.63, 3.8) is 0 Å². The fourth-order valence-electron chi connectivity index (χ4n) is 2.97. The van der Waals surface area contributed by atoms with Crippen LogP contribution in [0.3, 0.4) is 0 Å². The molecule has 0 saturated carbocycles. The number of para-hydroxylation sites is 2. The first-order valence-electron chi connectivity index (χ1n) is 8.27. The molecule has 25 heavy (non-hydrogen) atoms. The van der Waals surface area contributed by atoms with E-state index in [1.54, 1.807) is 7.11 Å². The minimum absolute atomic E-state index is 0.142. The van der Waals surface area contributed by atoms with Gasteiger partial charge in [-0.05, 0) is 54.1 Å². The van der Waals surface area contributed by atoms with E-state index in [0.717, 1.165) is 34.0 Å². The zero-order chi connectivity index (χ0) is 17.1. The third-order valence-electron chi connectivity index (χ3n) is 4.26. The second kappa shape index (κ2) is 6.73. The van der Waals surface area contributed by atoms with Crippen LogP contribution in [0.5, 0.6) is 11.5 Å². The van der Waals surface area contributed by atoms with E-state index >= 15 is 0 Å². The Morgan fingerprint density at radius 3 is 2.24 bits per heavy atom. The van der Waals surface area contributed by atoms with Crippen LogP contribution in [-0.4, -0.2) is 7.11 Å². The van der Waals surface area contributed by atoms with Gasteiger partial charge in [-0.2, -0.15) is 0 Å². The molecule has 3 aromatic carbocycles. The van der Waals surface area contributed by atoms with Crippen LogP contribution in [0.25, 0.3) is 5.70 Å². The van der Waals surface area contributed by atoms with Gasteiger partial charge in [0.1, 0.15) is 17.6 Å². The quantitative estimate of drug-likeness (QED) is 0.706. The number of methoxy groups -OCH3 is 1. The molecule has 1 aliphatic rings. The maximum atomic E-state index is 6.24. The molecule has 0 aromatic heterocycles. The molecule has 0 radical (unpaired) electrons. The van der Waals surface area contributed by atoms with Gasteiger partial charge in [-0.1, -0.05) is 36.4 Å². The first-order valence-corrected chi connectivity index (χ1v) is 8.27. The maximum Gasteiger partial charge on any atom is 0.146 e. The van der Waals surface area contributed by atoms with Gasteiger partial charge in [0.2, 0.25) is 0 Å². The van der Waals surface area contributed by atoms with Crippen molar-refractivity contribution in [3.05, 3.63) is 96.1 Å². The topological polar surface area (TPSA) is 30.5 Å². The summed E-state index contributed by atoms with van der Waals surface area (Å²) in [5.41, 5.74) is 4.32. The minimum atomic E-state index is -0.142. The Morgan fingerprint density at radius 1 is 0.760 bits per heavy atom. The van der Waals surface area contributed by atoms with Crippen molar-refractivity contribution < 1.29 is 9.47 Å². The predicted octanol–water partition coefficient (Wildman–Crippen LogP) is 5.28. The average Bonchev–Trinajstić information content (AvgIpc) is 2.69. The molecule has 124 valence electrons. The largest absolute Gasteiger partial charge is 0.497 e. The van der Waals surface area contributed by atoms with Crippen molar-refractivity contribution in [1.29, 1.82) is 0 Å². The predicted molar refractivity (Wildman–Crippen MR) is 101 cm³/mol. The van der Waals surface area contributed by atoms with Crippen LogP contribution in [0.4, 0.5) is 5.69 Å². The highest BCUT2D eigenvalue weighted by molar-refractivity contribution is 5.82. The van der Waals surface area contributed by atoms with E-state index in [1.165, 1.54) is 0 Å². The normalized spacial score (nSPS) is 15.6. The molecular formula is C22H19NO2. The fraction of sp³-hybridized carbons (Fsp3) is 0.0909. The Labute approximate surface area is 147 Å². The highest BCUT2D eigenvalue weighted by Crippen LogP contribution is 2.36. The van der Waals surface area contributed by atoms with Gasteiger partial charge in [0.15, 0.2) is 0 Å². The SMILES string of the molecule is COc1ccc(C2=CC(Oc3ccccc3)c3ccccc3N2)cc1. The van der Waals surface area contributed by atoms with Crippen LogP contribution in [0.1, 0.15) is 17.2 Å². The Kier molecular flexibility index (Phi) is 4.13. The monoisotopic (exact) mass is 329 g/mol. The first kappa shape index (κ1) is 15.3. The molecule has 0 bridgehead atoms. The van der Waals surface area contributed by atoms with Gasteiger partial charge < -0.3 is 14.8 Å². The fourth-order valence-corrected chi connectivity index (χ4v) is 2.97. The first-order chi connectivity index (χ1) is 12.3. The number of nitrogens with one attached hydrogen (secondary N) is 1. The standard InChI is InChI=1S/C22H19NO2/c1-24-17-13-11-16(12-14-17)21-15-22(25-18-7-3-2-4-8-18)19-9-5-6-10-20(19)23-21/h2-15,22-23H,1H3. The van der Waals surface area contributed by atoms with E-state index in [4.69, 9.17) is 9.47 Å². The van der Waals surface area contributed by atoms with Gasteiger partial charge in [-0.25, -0.2) is 0 Å². The van der Waals surface area contributed by atoms with Crippen molar-refractivity contribution in [3.8, 4) is 11.5 Å². The molecule has 0 amide bonds. The summed E-state index contributed by atoms with van der Waals surface area (Å²) in [5.74, 6) is 1.70. The average molecular weight is 329 g/mol. The lowest BCUT2D eigenvalue weighted by Gasteiger charge is -2.27. The number of hydrogen-bond donors (Lipinski definition) is 1. The van der Waals surface area contributed by atoms with Crippen LogP contribution in [0.2, 0.25) is 0 Å². The molecule has 1 unspecified atom stereocenters. The van der Waals surface area contributed by atoms with Crippen LogP contribution in [-0.2, 0) is 0 Å². The molecule has 1 N–H and O–H groups in total. The van der Waals surface area contributed by atoms with Crippen LogP contribution < -0.4 is 14.8 Å². The van der Waals surface area contributed by atoms with Crippen molar-refractivity contribution >= 4 is 11.4 Å². The van der Waals surface area contributed by atoms with Crippen molar-refractivity contribution in [2.24, 2.45) is 0 Å². The molecular weight excluding hydrogens is 310 g/mol. The molecule has 1 aliphatic heterocycles. The number of benzene rings is 3. The Morgan fingerprint density at radius 2 is 1.48 bits per heavy atom. The second-order valence-corrected chi connectivity index (χ2v) is 5.87. The third-order valence-corrected chi connectivity index (χ3v) is 4.26. The Hall–Kier alpha value is -3.20. The van der Waals surface area contributed by atoms with Gasteiger partial charge in [0.25, 0.3) is 0 Å².